The molecule has 10 heteroatoms. The summed E-state index contributed by atoms with van der Waals surface area (Å²) >= 11 is 7.50. The number of thioether (sulfide) groups is 1. The fraction of sp³-hybridized carbons (Fsp3) is 0.143. The molecule has 0 saturated carbocycles. The summed E-state index contributed by atoms with van der Waals surface area (Å²) in [6, 6.07) is 6.57. The second kappa shape index (κ2) is 5.54. The van der Waals surface area contributed by atoms with Crippen LogP contribution in [0.15, 0.2) is 46.8 Å². The molecule has 1 aliphatic heterocycles. The van der Waals surface area contributed by atoms with Gasteiger partial charge >= 0.3 is 0 Å². The Labute approximate surface area is 146 Å². The Morgan fingerprint density at radius 2 is 2.17 bits per heavy atom. The Morgan fingerprint density at radius 3 is 3.00 bits per heavy atom. The molecular weight excluding hydrogens is 372 g/mol. The minimum absolute atomic E-state index is 0.0188. The molecule has 0 fully saturated rings. The highest BCUT2D eigenvalue weighted by atomic mass is 35.5. The lowest BCUT2D eigenvalue weighted by Gasteiger charge is -2.10. The van der Waals surface area contributed by atoms with Gasteiger partial charge in [-0.2, -0.15) is 13.1 Å². The second-order valence-electron chi connectivity index (χ2n) is 5.24. The van der Waals surface area contributed by atoms with E-state index in [1.54, 1.807) is 28.8 Å². The number of pyridine rings is 1. The third-order valence-electron chi connectivity index (χ3n) is 3.65. The zero-order valence-electron chi connectivity index (χ0n) is 12.1. The van der Waals surface area contributed by atoms with E-state index in [4.69, 9.17) is 11.6 Å². The fourth-order valence-electron chi connectivity index (χ4n) is 2.62. The van der Waals surface area contributed by atoms with Crippen molar-refractivity contribution in [1.29, 1.82) is 0 Å². The molecule has 1 N–H and O–H groups in total. The Kier molecular flexibility index (Phi) is 3.59. The van der Waals surface area contributed by atoms with Crippen LogP contribution in [0, 0.1) is 5.21 Å². The maximum atomic E-state index is 12.7. The van der Waals surface area contributed by atoms with E-state index in [0.717, 1.165) is 16.5 Å². The minimum atomic E-state index is -3.86. The lowest BCUT2D eigenvalue weighted by Crippen LogP contribution is -2.23. The smallest absolute Gasteiger partial charge is 0.280 e. The van der Waals surface area contributed by atoms with Crippen molar-refractivity contribution in [3.05, 3.63) is 47.0 Å². The molecular formula is C14H11ClN4O3S2. The Morgan fingerprint density at radius 1 is 1.33 bits per heavy atom. The van der Waals surface area contributed by atoms with Crippen molar-refractivity contribution in [2.24, 2.45) is 0 Å². The maximum Gasteiger partial charge on any atom is 0.280 e. The van der Waals surface area contributed by atoms with E-state index >= 15 is 0 Å². The lowest BCUT2D eigenvalue weighted by atomic mass is 10.1. The first-order valence-corrected chi connectivity index (χ1v) is 9.83. The number of rotatable bonds is 3. The number of nitrogens with zero attached hydrogens (tertiary/aromatic N) is 3. The molecule has 0 spiro atoms. The topological polar surface area (TPSA) is 90.9 Å². The van der Waals surface area contributed by atoms with Gasteiger partial charge in [-0.15, -0.1) is 0 Å². The number of benzene rings is 1. The van der Waals surface area contributed by atoms with Crippen LogP contribution >= 0.6 is 23.4 Å². The summed E-state index contributed by atoms with van der Waals surface area (Å²) in [5.74, 6) is 0.771. The van der Waals surface area contributed by atoms with Crippen molar-refractivity contribution in [2.75, 3.05) is 10.5 Å². The highest BCUT2D eigenvalue weighted by Gasteiger charge is 2.30. The molecule has 0 saturated heterocycles. The van der Waals surface area contributed by atoms with Gasteiger partial charge in [0.25, 0.3) is 10.0 Å². The molecule has 7 nitrogen and oxygen atoms in total. The van der Waals surface area contributed by atoms with Crippen LogP contribution in [0.4, 0.5) is 5.69 Å². The highest BCUT2D eigenvalue weighted by Crippen LogP contribution is 2.34. The number of nitrogens with one attached hydrogen (secondary N) is 1. The van der Waals surface area contributed by atoms with E-state index in [0.29, 0.717) is 22.1 Å². The number of imidazole rings is 1. The monoisotopic (exact) mass is 382 g/mol. The summed E-state index contributed by atoms with van der Waals surface area (Å²) in [6.45, 7) is 0.553. The third-order valence-corrected chi connectivity index (χ3v) is 6.41. The molecule has 124 valence electrons. The van der Waals surface area contributed by atoms with Gasteiger partial charge in [-0.05, 0) is 23.6 Å². The van der Waals surface area contributed by atoms with Crippen LogP contribution in [-0.4, -0.2) is 23.7 Å². The average molecular weight is 383 g/mol. The van der Waals surface area contributed by atoms with E-state index in [1.807, 2.05) is 0 Å². The Hall–Kier alpha value is -1.97. The molecule has 0 aliphatic carbocycles. The first-order chi connectivity index (χ1) is 11.4. The molecule has 0 atom stereocenters. The predicted molar refractivity (Wildman–Crippen MR) is 91.7 cm³/mol. The number of halogens is 1. The van der Waals surface area contributed by atoms with Crippen LogP contribution in [0.1, 0.15) is 0 Å². The highest BCUT2D eigenvalue weighted by molar-refractivity contribution is 7.99. The van der Waals surface area contributed by atoms with Crippen LogP contribution in [0.5, 0.6) is 0 Å². The molecule has 0 radical (unpaired) electrons. The number of fused-ring (bicyclic) bond motifs is 2. The van der Waals surface area contributed by atoms with Crippen LogP contribution in [-0.2, 0) is 16.6 Å². The van der Waals surface area contributed by atoms with E-state index in [-0.39, 0.29) is 10.2 Å². The molecule has 2 aromatic heterocycles. The number of hydrogen-bond donors (Lipinski definition) is 1. The summed E-state index contributed by atoms with van der Waals surface area (Å²) < 4.78 is 30.3. The molecule has 3 aromatic rings. The SMILES string of the molecule is O=S(=O)(Nc1ccc2c[n+]([O-])ccc2c1)c1c(Cl)nc2n1CCS2. The summed E-state index contributed by atoms with van der Waals surface area (Å²) in [4.78, 5) is 4.09. The molecule has 0 unspecified atom stereocenters. The molecule has 24 heavy (non-hydrogen) atoms. The van der Waals surface area contributed by atoms with Crippen LogP contribution in [0.2, 0.25) is 5.15 Å². The summed E-state index contributed by atoms with van der Waals surface area (Å²) in [5, 5.41) is 13.3. The van der Waals surface area contributed by atoms with Gasteiger partial charge in [0.1, 0.15) is 0 Å². The molecule has 0 amide bonds. The molecule has 1 aromatic carbocycles. The third kappa shape index (κ3) is 2.58. The van der Waals surface area contributed by atoms with Crippen molar-refractivity contribution in [2.45, 2.75) is 16.7 Å². The normalized spacial score (nSPS) is 14.0. The van der Waals surface area contributed by atoms with E-state index < -0.39 is 10.0 Å². The Balaban J connectivity index is 1.73. The van der Waals surface area contributed by atoms with E-state index in [2.05, 4.69) is 9.71 Å². The number of hydrogen-bond acceptors (Lipinski definition) is 5. The van der Waals surface area contributed by atoms with Crippen molar-refractivity contribution in [1.82, 2.24) is 9.55 Å². The zero-order chi connectivity index (χ0) is 16.9. The van der Waals surface area contributed by atoms with Gasteiger partial charge in [-0.1, -0.05) is 23.4 Å². The average Bonchev–Trinajstić information content (AvgIpc) is 3.06. The van der Waals surface area contributed by atoms with Gasteiger partial charge in [0.05, 0.1) is 0 Å². The van der Waals surface area contributed by atoms with Crippen molar-refractivity contribution in [3.8, 4) is 0 Å². The summed E-state index contributed by atoms with van der Waals surface area (Å²) in [6.07, 6.45) is 2.78. The minimum Gasteiger partial charge on any atom is -0.619 e. The van der Waals surface area contributed by atoms with Gasteiger partial charge < -0.3 is 9.77 Å². The largest absolute Gasteiger partial charge is 0.619 e. The first-order valence-electron chi connectivity index (χ1n) is 6.98. The predicted octanol–water partition coefficient (Wildman–Crippen LogP) is 2.23. The number of sulfonamides is 1. The second-order valence-corrected chi connectivity index (χ2v) is 8.26. The molecule has 0 bridgehead atoms. The van der Waals surface area contributed by atoms with Crippen LogP contribution in [0.3, 0.4) is 0 Å². The van der Waals surface area contributed by atoms with Gasteiger partial charge in [0.2, 0.25) is 0 Å². The quantitative estimate of drug-likeness (QED) is 0.554. The maximum absolute atomic E-state index is 12.7. The first kappa shape index (κ1) is 15.6. The fourth-order valence-corrected chi connectivity index (χ4v) is 5.43. The van der Waals surface area contributed by atoms with Gasteiger partial charge in [0.15, 0.2) is 27.7 Å². The van der Waals surface area contributed by atoms with E-state index in [9.17, 15) is 13.6 Å². The molecule has 1 aliphatic rings. The van der Waals surface area contributed by atoms with Crippen LogP contribution < -0.4 is 9.45 Å². The number of aromatic nitrogens is 3. The Bertz CT molecular complexity index is 1070. The van der Waals surface area contributed by atoms with Crippen molar-refractivity contribution >= 4 is 49.8 Å². The standard InChI is InChI=1S/C14H11ClN4O3S2/c15-12-13(19-5-6-23-14(19)16-12)24(21,22)17-11-2-1-10-8-18(20)4-3-9(10)7-11/h1-4,7-8,17H,5-6H2. The van der Waals surface area contributed by atoms with Gasteiger partial charge in [0, 0.05) is 29.4 Å². The zero-order valence-corrected chi connectivity index (χ0v) is 14.5. The summed E-state index contributed by atoms with van der Waals surface area (Å²) in [7, 11) is -3.86. The van der Waals surface area contributed by atoms with Crippen molar-refractivity contribution < 1.29 is 13.1 Å². The number of anilines is 1. The lowest BCUT2D eigenvalue weighted by molar-refractivity contribution is -0.603. The summed E-state index contributed by atoms with van der Waals surface area (Å²) in [5.41, 5.74) is 0.392. The van der Waals surface area contributed by atoms with Gasteiger partial charge in [-0.3, -0.25) is 4.72 Å². The van der Waals surface area contributed by atoms with Gasteiger partial charge in [-0.25, -0.2) is 4.98 Å². The van der Waals surface area contributed by atoms with E-state index in [1.165, 1.54) is 24.2 Å². The van der Waals surface area contributed by atoms with Crippen LogP contribution in [0.25, 0.3) is 10.8 Å². The molecule has 4 rings (SSSR count). The van der Waals surface area contributed by atoms with Crippen molar-refractivity contribution in [3.63, 3.8) is 0 Å². The molecule has 3 heterocycles.